The highest BCUT2D eigenvalue weighted by molar-refractivity contribution is 7.99. The minimum absolute atomic E-state index is 0.0736. The first kappa shape index (κ1) is 13.4. The number of hydrogen-bond donors (Lipinski definition) is 2. The average Bonchev–Trinajstić information content (AvgIpc) is 2.91. The maximum absolute atomic E-state index is 11.6. The van der Waals surface area contributed by atoms with E-state index in [1.54, 1.807) is 0 Å². The van der Waals surface area contributed by atoms with Crippen molar-refractivity contribution in [3.63, 3.8) is 0 Å². The van der Waals surface area contributed by atoms with E-state index in [0.29, 0.717) is 13.1 Å². The van der Waals surface area contributed by atoms with Gasteiger partial charge in [0, 0.05) is 6.54 Å². The molecule has 2 rings (SSSR count). The molecule has 0 spiro atoms. The Balaban J connectivity index is 1.57. The first-order valence-electron chi connectivity index (χ1n) is 6.43. The molecule has 2 N–H and O–H groups in total. The second-order valence-electron chi connectivity index (χ2n) is 4.62. The summed E-state index contributed by atoms with van der Waals surface area (Å²) in [5.74, 6) is 3.33. The molecule has 4 heteroatoms. The van der Waals surface area contributed by atoms with Crippen LogP contribution in [0.5, 0.6) is 0 Å². The molecule has 1 amide bonds. The SMILES string of the molecule is O=C(CNCC1CCSC1)NCc1ccccc1. The predicted octanol–water partition coefficient (Wildman–Crippen LogP) is 1.65. The lowest BCUT2D eigenvalue weighted by atomic mass is 10.1. The number of rotatable bonds is 6. The molecule has 1 atom stereocenters. The molecule has 1 heterocycles. The van der Waals surface area contributed by atoms with Gasteiger partial charge < -0.3 is 10.6 Å². The Kier molecular flexibility index (Phi) is 5.55. The zero-order valence-electron chi connectivity index (χ0n) is 10.5. The lowest BCUT2D eigenvalue weighted by Crippen LogP contribution is -2.35. The number of benzene rings is 1. The molecular weight excluding hydrogens is 244 g/mol. The fourth-order valence-corrected chi connectivity index (χ4v) is 3.28. The highest BCUT2D eigenvalue weighted by atomic mass is 32.2. The van der Waals surface area contributed by atoms with Crippen molar-refractivity contribution in [2.24, 2.45) is 5.92 Å². The summed E-state index contributed by atoms with van der Waals surface area (Å²) in [6, 6.07) is 9.98. The Hall–Kier alpha value is -1.00. The summed E-state index contributed by atoms with van der Waals surface area (Å²) < 4.78 is 0. The predicted molar refractivity (Wildman–Crippen MR) is 76.6 cm³/mol. The molecule has 0 aliphatic carbocycles. The zero-order valence-corrected chi connectivity index (χ0v) is 11.3. The third-order valence-electron chi connectivity index (χ3n) is 3.08. The van der Waals surface area contributed by atoms with Gasteiger partial charge in [-0.1, -0.05) is 30.3 Å². The molecule has 1 aliphatic heterocycles. The van der Waals surface area contributed by atoms with Crippen LogP contribution in [-0.2, 0) is 11.3 Å². The molecule has 98 valence electrons. The van der Waals surface area contributed by atoms with Crippen molar-refractivity contribution in [1.29, 1.82) is 0 Å². The van der Waals surface area contributed by atoms with Gasteiger partial charge in [-0.3, -0.25) is 4.79 Å². The summed E-state index contributed by atoms with van der Waals surface area (Å²) in [5.41, 5.74) is 1.14. The summed E-state index contributed by atoms with van der Waals surface area (Å²) >= 11 is 2.01. The molecule has 0 aromatic heterocycles. The number of amides is 1. The smallest absolute Gasteiger partial charge is 0.234 e. The zero-order chi connectivity index (χ0) is 12.6. The van der Waals surface area contributed by atoms with Gasteiger partial charge in [0.05, 0.1) is 6.54 Å². The average molecular weight is 264 g/mol. The van der Waals surface area contributed by atoms with Crippen LogP contribution in [0.15, 0.2) is 30.3 Å². The second kappa shape index (κ2) is 7.44. The van der Waals surface area contributed by atoms with E-state index in [0.717, 1.165) is 18.0 Å². The largest absolute Gasteiger partial charge is 0.351 e. The van der Waals surface area contributed by atoms with E-state index < -0.39 is 0 Å². The van der Waals surface area contributed by atoms with E-state index in [2.05, 4.69) is 10.6 Å². The quantitative estimate of drug-likeness (QED) is 0.821. The Bertz CT molecular complexity index is 363. The summed E-state index contributed by atoms with van der Waals surface area (Å²) in [6.07, 6.45) is 1.28. The van der Waals surface area contributed by atoms with Crippen molar-refractivity contribution in [3.8, 4) is 0 Å². The van der Waals surface area contributed by atoms with E-state index >= 15 is 0 Å². The minimum atomic E-state index is 0.0736. The molecule has 0 bridgehead atoms. The first-order chi connectivity index (χ1) is 8.84. The van der Waals surface area contributed by atoms with E-state index in [4.69, 9.17) is 0 Å². The summed E-state index contributed by atoms with van der Waals surface area (Å²) in [5, 5.41) is 6.16. The topological polar surface area (TPSA) is 41.1 Å². The van der Waals surface area contributed by atoms with Crippen LogP contribution in [0.4, 0.5) is 0 Å². The van der Waals surface area contributed by atoms with Gasteiger partial charge in [0.15, 0.2) is 0 Å². The van der Waals surface area contributed by atoms with E-state index in [9.17, 15) is 4.79 Å². The van der Waals surface area contributed by atoms with Gasteiger partial charge in [0.25, 0.3) is 0 Å². The third-order valence-corrected chi connectivity index (χ3v) is 4.31. The molecule has 1 aromatic carbocycles. The Morgan fingerprint density at radius 2 is 2.17 bits per heavy atom. The number of hydrogen-bond acceptors (Lipinski definition) is 3. The molecule has 1 fully saturated rings. The van der Waals surface area contributed by atoms with Crippen LogP contribution >= 0.6 is 11.8 Å². The molecule has 1 saturated heterocycles. The van der Waals surface area contributed by atoms with E-state index in [-0.39, 0.29) is 5.91 Å². The third kappa shape index (κ3) is 4.70. The van der Waals surface area contributed by atoms with Gasteiger partial charge >= 0.3 is 0 Å². The van der Waals surface area contributed by atoms with Gasteiger partial charge in [0.1, 0.15) is 0 Å². The van der Waals surface area contributed by atoms with Crippen LogP contribution in [0, 0.1) is 5.92 Å². The monoisotopic (exact) mass is 264 g/mol. The molecule has 1 aliphatic rings. The fraction of sp³-hybridized carbons (Fsp3) is 0.500. The standard InChI is InChI=1S/C14H20N2OS/c17-14(10-15-8-13-6-7-18-11-13)16-9-12-4-2-1-3-5-12/h1-5,13,15H,6-11H2,(H,16,17). The van der Waals surface area contributed by atoms with Crippen LogP contribution in [0.25, 0.3) is 0 Å². The van der Waals surface area contributed by atoms with Gasteiger partial charge in [-0.15, -0.1) is 0 Å². The summed E-state index contributed by atoms with van der Waals surface area (Å²) in [7, 11) is 0. The maximum Gasteiger partial charge on any atom is 0.234 e. The molecule has 0 radical (unpaired) electrons. The number of nitrogens with one attached hydrogen (secondary N) is 2. The van der Waals surface area contributed by atoms with Crippen molar-refractivity contribution in [1.82, 2.24) is 10.6 Å². The van der Waals surface area contributed by atoms with Gasteiger partial charge in [-0.25, -0.2) is 0 Å². The van der Waals surface area contributed by atoms with Crippen molar-refractivity contribution in [3.05, 3.63) is 35.9 Å². The van der Waals surface area contributed by atoms with Crippen LogP contribution < -0.4 is 10.6 Å². The lowest BCUT2D eigenvalue weighted by molar-refractivity contribution is -0.120. The van der Waals surface area contributed by atoms with E-state index in [1.807, 2.05) is 42.1 Å². The molecule has 1 unspecified atom stereocenters. The highest BCUT2D eigenvalue weighted by Gasteiger charge is 2.14. The number of carbonyl (C=O) groups excluding carboxylic acids is 1. The summed E-state index contributed by atoms with van der Waals surface area (Å²) in [6.45, 7) is 2.00. The second-order valence-corrected chi connectivity index (χ2v) is 5.77. The number of thioether (sulfide) groups is 1. The highest BCUT2D eigenvalue weighted by Crippen LogP contribution is 2.22. The Labute approximate surface area is 113 Å². The van der Waals surface area contributed by atoms with Crippen LogP contribution in [0.3, 0.4) is 0 Å². The van der Waals surface area contributed by atoms with Crippen LogP contribution in [0.2, 0.25) is 0 Å². The fourth-order valence-electron chi connectivity index (χ4n) is 1.99. The maximum atomic E-state index is 11.6. The molecule has 18 heavy (non-hydrogen) atoms. The lowest BCUT2D eigenvalue weighted by Gasteiger charge is -2.10. The number of carbonyl (C=O) groups is 1. The van der Waals surface area contributed by atoms with Gasteiger partial charge in [-0.05, 0) is 36.0 Å². The van der Waals surface area contributed by atoms with Crippen molar-refractivity contribution in [2.75, 3.05) is 24.6 Å². The van der Waals surface area contributed by atoms with Crippen molar-refractivity contribution in [2.45, 2.75) is 13.0 Å². The van der Waals surface area contributed by atoms with E-state index in [1.165, 1.54) is 17.9 Å². The van der Waals surface area contributed by atoms with Crippen LogP contribution in [0.1, 0.15) is 12.0 Å². The Morgan fingerprint density at radius 3 is 2.89 bits per heavy atom. The molecular formula is C14H20N2OS. The first-order valence-corrected chi connectivity index (χ1v) is 7.59. The van der Waals surface area contributed by atoms with Crippen molar-refractivity contribution >= 4 is 17.7 Å². The molecule has 3 nitrogen and oxygen atoms in total. The summed E-state index contributed by atoms with van der Waals surface area (Å²) in [4.78, 5) is 11.6. The van der Waals surface area contributed by atoms with Gasteiger partial charge in [0.2, 0.25) is 5.91 Å². The van der Waals surface area contributed by atoms with Crippen molar-refractivity contribution < 1.29 is 4.79 Å². The normalized spacial score (nSPS) is 18.8. The van der Waals surface area contributed by atoms with Gasteiger partial charge in [-0.2, -0.15) is 11.8 Å². The Morgan fingerprint density at radius 1 is 1.33 bits per heavy atom. The minimum Gasteiger partial charge on any atom is -0.351 e. The van der Waals surface area contributed by atoms with Crippen LogP contribution in [-0.4, -0.2) is 30.5 Å². The molecule has 0 saturated carbocycles. The molecule has 1 aromatic rings.